The Labute approximate surface area is 203 Å². The zero-order valence-corrected chi connectivity index (χ0v) is 20.4. The average Bonchev–Trinajstić information content (AvgIpc) is 2.88. The topological polar surface area (TPSA) is 72.8 Å². The minimum absolute atomic E-state index is 0.0368. The molecule has 4 aliphatic rings. The van der Waals surface area contributed by atoms with Gasteiger partial charge in [-0.05, 0) is 98.8 Å². The normalized spacial score (nSPS) is 33.3. The SMILES string of the molecule is O=C(OC1CCC[C@@H]2CCCC[C@H]12)c1cc(CO)cc(C(=O)OC2CCC[C@H]3CCCC[C@@H]23)c1. The lowest BCUT2D eigenvalue weighted by atomic mass is 9.69. The van der Waals surface area contributed by atoms with E-state index in [9.17, 15) is 14.7 Å². The average molecular weight is 469 g/mol. The number of benzene rings is 1. The van der Waals surface area contributed by atoms with E-state index in [1.807, 2.05) is 0 Å². The summed E-state index contributed by atoms with van der Waals surface area (Å²) in [5.74, 6) is 1.51. The molecule has 0 radical (unpaired) electrons. The molecule has 0 spiro atoms. The predicted octanol–water partition coefficient (Wildman–Crippen LogP) is 6.21. The zero-order chi connectivity index (χ0) is 23.5. The van der Waals surface area contributed by atoms with E-state index in [1.54, 1.807) is 18.2 Å². The lowest BCUT2D eigenvalue weighted by molar-refractivity contribution is -0.0250. The third kappa shape index (κ3) is 5.19. The van der Waals surface area contributed by atoms with Crippen LogP contribution >= 0.6 is 0 Å². The molecule has 4 fully saturated rings. The molecule has 1 aromatic rings. The second-order valence-corrected chi connectivity index (χ2v) is 11.2. The summed E-state index contributed by atoms with van der Waals surface area (Å²) in [6.45, 7) is -0.232. The van der Waals surface area contributed by atoms with Crippen LogP contribution in [0.25, 0.3) is 0 Å². The van der Waals surface area contributed by atoms with Gasteiger partial charge in [0.1, 0.15) is 12.2 Å². The van der Waals surface area contributed by atoms with Crippen LogP contribution < -0.4 is 0 Å². The summed E-state index contributed by atoms with van der Waals surface area (Å²) >= 11 is 0. The fourth-order valence-electron chi connectivity index (χ4n) is 7.48. The molecule has 0 saturated heterocycles. The first-order valence-electron chi connectivity index (χ1n) is 13.8. The van der Waals surface area contributed by atoms with Crippen molar-refractivity contribution in [3.63, 3.8) is 0 Å². The molecular formula is C29H40O5. The van der Waals surface area contributed by atoms with Crippen molar-refractivity contribution in [2.45, 2.75) is 109 Å². The van der Waals surface area contributed by atoms with E-state index in [4.69, 9.17) is 9.47 Å². The highest BCUT2D eigenvalue weighted by molar-refractivity contribution is 5.95. The first-order valence-corrected chi connectivity index (χ1v) is 13.8. The number of carbonyl (C=O) groups excluding carboxylic acids is 2. The third-order valence-corrected chi connectivity index (χ3v) is 9.18. The van der Waals surface area contributed by atoms with Gasteiger partial charge in [-0.3, -0.25) is 0 Å². The molecule has 5 heteroatoms. The molecule has 1 N–H and O–H groups in total. The molecule has 6 atom stereocenters. The highest BCUT2D eigenvalue weighted by Gasteiger charge is 2.38. The van der Waals surface area contributed by atoms with Gasteiger partial charge in [0.05, 0.1) is 17.7 Å². The number of esters is 2. The summed E-state index contributed by atoms with van der Waals surface area (Å²) < 4.78 is 12.1. The van der Waals surface area contributed by atoms with Crippen LogP contribution in [0, 0.1) is 23.7 Å². The number of rotatable bonds is 5. The van der Waals surface area contributed by atoms with E-state index in [2.05, 4.69) is 0 Å². The van der Waals surface area contributed by atoms with Gasteiger partial charge in [-0.25, -0.2) is 9.59 Å². The van der Waals surface area contributed by atoms with Crippen molar-refractivity contribution in [3.8, 4) is 0 Å². The first-order chi connectivity index (χ1) is 16.6. The second-order valence-electron chi connectivity index (χ2n) is 11.2. The Morgan fingerprint density at radius 3 is 1.56 bits per heavy atom. The Morgan fingerprint density at radius 1 is 0.647 bits per heavy atom. The molecule has 4 aliphatic carbocycles. The molecule has 0 bridgehead atoms. The number of aliphatic hydroxyl groups excluding tert-OH is 1. The summed E-state index contributed by atoms with van der Waals surface area (Å²) in [5.41, 5.74) is 1.23. The predicted molar refractivity (Wildman–Crippen MR) is 129 cm³/mol. The molecule has 0 amide bonds. The van der Waals surface area contributed by atoms with Crippen molar-refractivity contribution in [2.75, 3.05) is 0 Å². The molecule has 1 aromatic carbocycles. The number of ether oxygens (including phenoxy) is 2. The zero-order valence-electron chi connectivity index (χ0n) is 20.4. The van der Waals surface area contributed by atoms with Crippen molar-refractivity contribution in [2.24, 2.45) is 23.7 Å². The lowest BCUT2D eigenvalue weighted by Gasteiger charge is -2.40. The Morgan fingerprint density at radius 2 is 1.09 bits per heavy atom. The minimum atomic E-state index is -0.384. The Hall–Kier alpha value is -1.88. The highest BCUT2D eigenvalue weighted by Crippen LogP contribution is 2.43. The third-order valence-electron chi connectivity index (χ3n) is 9.18. The first kappa shape index (κ1) is 23.8. The van der Waals surface area contributed by atoms with Gasteiger partial charge < -0.3 is 14.6 Å². The molecule has 34 heavy (non-hydrogen) atoms. The van der Waals surface area contributed by atoms with E-state index in [1.165, 1.54) is 51.4 Å². The van der Waals surface area contributed by atoms with Gasteiger partial charge in [-0.15, -0.1) is 0 Å². The molecule has 5 nitrogen and oxygen atoms in total. The van der Waals surface area contributed by atoms with Crippen molar-refractivity contribution in [1.29, 1.82) is 0 Å². The largest absolute Gasteiger partial charge is 0.458 e. The van der Waals surface area contributed by atoms with E-state index >= 15 is 0 Å². The van der Waals surface area contributed by atoms with E-state index in [-0.39, 0.29) is 30.8 Å². The van der Waals surface area contributed by atoms with E-state index in [0.29, 0.717) is 40.4 Å². The van der Waals surface area contributed by atoms with Crippen molar-refractivity contribution < 1.29 is 24.2 Å². The maximum atomic E-state index is 13.2. The number of fused-ring (bicyclic) bond motifs is 2. The number of aliphatic hydroxyl groups is 1. The molecule has 0 heterocycles. The van der Waals surface area contributed by atoms with E-state index in [0.717, 1.165) is 38.5 Å². The van der Waals surface area contributed by atoms with Gasteiger partial charge in [0.15, 0.2) is 0 Å². The second kappa shape index (κ2) is 10.8. The van der Waals surface area contributed by atoms with Crippen LogP contribution in [0.2, 0.25) is 0 Å². The van der Waals surface area contributed by atoms with Gasteiger partial charge >= 0.3 is 11.9 Å². The van der Waals surface area contributed by atoms with Crippen LogP contribution in [0.1, 0.15) is 116 Å². The molecular weight excluding hydrogens is 428 g/mol. The van der Waals surface area contributed by atoms with Crippen LogP contribution in [0.15, 0.2) is 18.2 Å². The Bertz CT molecular complexity index is 809. The summed E-state index contributed by atoms with van der Waals surface area (Å²) in [6, 6.07) is 4.91. The Kier molecular flexibility index (Phi) is 7.58. The molecule has 5 rings (SSSR count). The number of hydrogen-bond donors (Lipinski definition) is 1. The fourth-order valence-corrected chi connectivity index (χ4v) is 7.48. The van der Waals surface area contributed by atoms with Crippen LogP contribution in [-0.4, -0.2) is 29.3 Å². The van der Waals surface area contributed by atoms with Crippen LogP contribution in [0.5, 0.6) is 0 Å². The summed E-state index contributed by atoms with van der Waals surface area (Å²) in [7, 11) is 0. The molecule has 2 unspecified atom stereocenters. The van der Waals surface area contributed by atoms with Gasteiger partial charge in [0, 0.05) is 0 Å². The summed E-state index contributed by atoms with van der Waals surface area (Å²) in [6.07, 6.45) is 16.3. The maximum Gasteiger partial charge on any atom is 0.338 e. The van der Waals surface area contributed by atoms with Crippen molar-refractivity contribution >= 4 is 11.9 Å². The molecule has 4 saturated carbocycles. The van der Waals surface area contributed by atoms with Crippen molar-refractivity contribution in [1.82, 2.24) is 0 Å². The molecule has 0 aliphatic heterocycles. The molecule has 186 valence electrons. The van der Waals surface area contributed by atoms with Crippen molar-refractivity contribution in [3.05, 3.63) is 34.9 Å². The van der Waals surface area contributed by atoms with Crippen LogP contribution in [-0.2, 0) is 16.1 Å². The van der Waals surface area contributed by atoms with E-state index < -0.39 is 0 Å². The lowest BCUT2D eigenvalue weighted by Crippen LogP contribution is -2.38. The van der Waals surface area contributed by atoms with Gasteiger partial charge in [0.25, 0.3) is 0 Å². The summed E-state index contributed by atoms with van der Waals surface area (Å²) in [4.78, 5) is 26.3. The quantitative estimate of drug-likeness (QED) is 0.520. The fraction of sp³-hybridized carbons (Fsp3) is 0.724. The van der Waals surface area contributed by atoms with Crippen LogP contribution in [0.3, 0.4) is 0 Å². The van der Waals surface area contributed by atoms with Gasteiger partial charge in [0.2, 0.25) is 0 Å². The van der Waals surface area contributed by atoms with Gasteiger partial charge in [-0.2, -0.15) is 0 Å². The number of carbonyl (C=O) groups is 2. The Balaban J connectivity index is 1.29. The summed E-state index contributed by atoms with van der Waals surface area (Å²) in [5, 5.41) is 9.80. The molecule has 0 aromatic heterocycles. The highest BCUT2D eigenvalue weighted by atomic mass is 16.5. The van der Waals surface area contributed by atoms with Crippen LogP contribution in [0.4, 0.5) is 0 Å². The standard InChI is InChI=1S/C29H40O5/c30-18-19-15-22(28(31)33-26-13-5-9-20-7-1-3-11-24(20)26)17-23(16-19)29(32)34-27-14-6-10-21-8-2-4-12-25(21)27/h15-17,20-21,24-27,30H,1-14,18H2/t20-,21+,24-,25+,26?,27?. The number of hydrogen-bond acceptors (Lipinski definition) is 5. The smallest absolute Gasteiger partial charge is 0.338 e. The minimum Gasteiger partial charge on any atom is -0.458 e. The monoisotopic (exact) mass is 468 g/mol. The maximum absolute atomic E-state index is 13.2. The van der Waals surface area contributed by atoms with Gasteiger partial charge in [-0.1, -0.05) is 38.5 Å².